The van der Waals surface area contributed by atoms with E-state index >= 15 is 0 Å². The molecule has 2 aromatic carbocycles. The second kappa shape index (κ2) is 7.55. The molecule has 1 N–H and O–H groups in total. The van der Waals surface area contributed by atoms with Gasteiger partial charge in [0.1, 0.15) is 5.69 Å². The lowest BCUT2D eigenvalue weighted by atomic mass is 10.0. The highest BCUT2D eigenvalue weighted by Crippen LogP contribution is 2.31. The van der Waals surface area contributed by atoms with Crippen LogP contribution in [-0.4, -0.2) is 22.4 Å². The van der Waals surface area contributed by atoms with Crippen molar-refractivity contribution in [2.45, 2.75) is 12.8 Å². The zero-order valence-electron chi connectivity index (χ0n) is 14.3. The van der Waals surface area contributed by atoms with Gasteiger partial charge >= 0.3 is 0 Å². The molecular formula is C20H16Cl2N4O. The first-order valence-electron chi connectivity index (χ1n) is 8.56. The molecule has 0 spiro atoms. The number of rotatable bonds is 3. The zero-order valence-corrected chi connectivity index (χ0v) is 15.8. The summed E-state index contributed by atoms with van der Waals surface area (Å²) in [6, 6.07) is 14.7. The maximum atomic E-state index is 12.6. The molecular weight excluding hydrogens is 383 g/mol. The maximum Gasteiger partial charge on any atom is 0.274 e. The first kappa shape index (κ1) is 17.8. The summed E-state index contributed by atoms with van der Waals surface area (Å²) in [5.41, 5.74) is 3.14. The Morgan fingerprint density at radius 2 is 1.85 bits per heavy atom. The molecule has 0 radical (unpaired) electrons. The number of carbonyl (C=O) groups excluding carboxylic acids is 1. The van der Waals surface area contributed by atoms with Gasteiger partial charge in [0.25, 0.3) is 5.91 Å². The van der Waals surface area contributed by atoms with Gasteiger partial charge in [0.15, 0.2) is 0 Å². The molecule has 3 aromatic rings. The van der Waals surface area contributed by atoms with Crippen LogP contribution in [0, 0.1) is 0 Å². The molecule has 0 atom stereocenters. The zero-order chi connectivity index (χ0) is 18.8. The first-order chi connectivity index (χ1) is 13.1. The summed E-state index contributed by atoms with van der Waals surface area (Å²) in [5.74, 6) is 0.168. The number of nitrogens with one attached hydrogen (secondary N) is 1. The standard InChI is InChI=1S/C20H16Cl2N4O/c21-14-10-15(22)12-16(11-14)24-19(27)17-7-8-23-20(25-17)26-9-3-5-13-4-1-2-6-18(13)26/h1-2,4,6-8,10-12H,3,5,9H2,(H,24,27). The van der Waals surface area contributed by atoms with E-state index in [1.807, 2.05) is 17.0 Å². The van der Waals surface area contributed by atoms with Crippen LogP contribution in [0.25, 0.3) is 0 Å². The number of aromatic nitrogens is 2. The van der Waals surface area contributed by atoms with Crippen molar-refractivity contribution in [3.05, 3.63) is 76.0 Å². The topological polar surface area (TPSA) is 58.1 Å². The van der Waals surface area contributed by atoms with Crippen LogP contribution in [0.15, 0.2) is 54.7 Å². The van der Waals surface area contributed by atoms with E-state index in [4.69, 9.17) is 23.2 Å². The van der Waals surface area contributed by atoms with E-state index in [1.54, 1.807) is 30.5 Å². The van der Waals surface area contributed by atoms with Gasteiger partial charge in [-0.25, -0.2) is 9.97 Å². The highest BCUT2D eigenvalue weighted by atomic mass is 35.5. The Kier molecular flexibility index (Phi) is 4.97. The van der Waals surface area contributed by atoms with Crippen molar-refractivity contribution in [1.29, 1.82) is 0 Å². The number of hydrogen-bond acceptors (Lipinski definition) is 4. The van der Waals surface area contributed by atoms with Crippen LogP contribution in [0.1, 0.15) is 22.5 Å². The Morgan fingerprint density at radius 1 is 1.07 bits per heavy atom. The van der Waals surface area contributed by atoms with Crippen molar-refractivity contribution < 1.29 is 4.79 Å². The van der Waals surface area contributed by atoms with Crippen LogP contribution >= 0.6 is 23.2 Å². The first-order valence-corrected chi connectivity index (χ1v) is 9.32. The van der Waals surface area contributed by atoms with Crippen LogP contribution in [0.4, 0.5) is 17.3 Å². The summed E-state index contributed by atoms with van der Waals surface area (Å²) in [6.45, 7) is 0.811. The Morgan fingerprint density at radius 3 is 2.67 bits per heavy atom. The molecule has 4 rings (SSSR count). The third-order valence-corrected chi connectivity index (χ3v) is 4.78. The van der Waals surface area contributed by atoms with Gasteiger partial charge in [-0.05, 0) is 48.7 Å². The molecule has 27 heavy (non-hydrogen) atoms. The second-order valence-electron chi connectivity index (χ2n) is 6.24. The van der Waals surface area contributed by atoms with E-state index in [-0.39, 0.29) is 11.6 Å². The van der Waals surface area contributed by atoms with E-state index in [0.29, 0.717) is 21.7 Å². The molecule has 0 unspecified atom stereocenters. The van der Waals surface area contributed by atoms with E-state index in [2.05, 4.69) is 27.4 Å². The third-order valence-electron chi connectivity index (χ3n) is 4.35. The summed E-state index contributed by atoms with van der Waals surface area (Å²) >= 11 is 12.0. The molecule has 0 fully saturated rings. The van der Waals surface area contributed by atoms with Gasteiger partial charge in [0.05, 0.1) is 0 Å². The molecule has 5 nitrogen and oxygen atoms in total. The van der Waals surface area contributed by atoms with Gasteiger partial charge in [0.2, 0.25) is 5.95 Å². The van der Waals surface area contributed by atoms with Crippen LogP contribution in [0.5, 0.6) is 0 Å². The van der Waals surface area contributed by atoms with Crippen molar-refractivity contribution in [3.8, 4) is 0 Å². The Balaban J connectivity index is 1.60. The van der Waals surface area contributed by atoms with Gasteiger partial charge in [-0.15, -0.1) is 0 Å². The summed E-state index contributed by atoms with van der Waals surface area (Å²) in [6.07, 6.45) is 3.64. The second-order valence-corrected chi connectivity index (χ2v) is 7.11. The normalized spacial score (nSPS) is 13.2. The molecule has 2 heterocycles. The van der Waals surface area contributed by atoms with E-state index in [9.17, 15) is 4.79 Å². The predicted molar refractivity (Wildman–Crippen MR) is 108 cm³/mol. The van der Waals surface area contributed by atoms with Gasteiger partial charge < -0.3 is 10.2 Å². The van der Waals surface area contributed by atoms with Crippen molar-refractivity contribution in [1.82, 2.24) is 9.97 Å². The lowest BCUT2D eigenvalue weighted by molar-refractivity contribution is 0.102. The fourth-order valence-electron chi connectivity index (χ4n) is 3.17. The van der Waals surface area contributed by atoms with Crippen LogP contribution in [0.3, 0.4) is 0 Å². The SMILES string of the molecule is O=C(Nc1cc(Cl)cc(Cl)c1)c1ccnc(N2CCCc3ccccc32)n1. The Labute approximate surface area is 167 Å². The van der Waals surface area contributed by atoms with E-state index < -0.39 is 0 Å². The number of fused-ring (bicyclic) bond motifs is 1. The van der Waals surface area contributed by atoms with Gasteiger partial charge in [-0.1, -0.05) is 41.4 Å². The highest BCUT2D eigenvalue weighted by Gasteiger charge is 2.21. The quantitative estimate of drug-likeness (QED) is 0.664. The lowest BCUT2D eigenvalue weighted by Crippen LogP contribution is -2.27. The van der Waals surface area contributed by atoms with E-state index in [0.717, 1.165) is 25.1 Å². The average Bonchev–Trinajstić information content (AvgIpc) is 2.67. The minimum atomic E-state index is -0.345. The largest absolute Gasteiger partial charge is 0.321 e. The van der Waals surface area contributed by atoms with Crippen LogP contribution < -0.4 is 10.2 Å². The molecule has 1 aliphatic rings. The van der Waals surface area contributed by atoms with E-state index in [1.165, 1.54) is 5.56 Å². The molecule has 1 aliphatic heterocycles. The number of halogens is 2. The molecule has 0 bridgehead atoms. The molecule has 0 saturated heterocycles. The van der Waals surface area contributed by atoms with Crippen molar-refractivity contribution in [2.75, 3.05) is 16.8 Å². The lowest BCUT2D eigenvalue weighted by Gasteiger charge is -2.29. The minimum Gasteiger partial charge on any atom is -0.321 e. The van der Waals surface area contributed by atoms with Crippen LogP contribution in [-0.2, 0) is 6.42 Å². The summed E-state index contributed by atoms with van der Waals surface area (Å²) in [7, 11) is 0. The fraction of sp³-hybridized carbons (Fsp3) is 0.150. The van der Waals surface area contributed by atoms with Gasteiger partial charge in [-0.2, -0.15) is 0 Å². The Hall–Kier alpha value is -2.63. The number of hydrogen-bond donors (Lipinski definition) is 1. The van der Waals surface area contributed by atoms with Crippen molar-refractivity contribution >= 4 is 46.4 Å². The molecule has 1 amide bonds. The van der Waals surface area contributed by atoms with Gasteiger partial charge in [0, 0.05) is 34.2 Å². The smallest absolute Gasteiger partial charge is 0.274 e. The Bertz CT molecular complexity index is 989. The molecule has 1 aromatic heterocycles. The number of nitrogens with zero attached hydrogens (tertiary/aromatic N) is 3. The third kappa shape index (κ3) is 3.89. The maximum absolute atomic E-state index is 12.6. The number of para-hydroxylation sites is 1. The summed E-state index contributed by atoms with van der Waals surface area (Å²) in [5, 5.41) is 3.67. The molecule has 0 aliphatic carbocycles. The number of anilines is 3. The summed E-state index contributed by atoms with van der Waals surface area (Å²) in [4.78, 5) is 23.5. The van der Waals surface area contributed by atoms with Crippen molar-refractivity contribution in [3.63, 3.8) is 0 Å². The number of carbonyl (C=O) groups is 1. The summed E-state index contributed by atoms with van der Waals surface area (Å²) < 4.78 is 0. The fourth-order valence-corrected chi connectivity index (χ4v) is 3.69. The minimum absolute atomic E-state index is 0.277. The van der Waals surface area contributed by atoms with Crippen LogP contribution in [0.2, 0.25) is 10.0 Å². The number of amides is 1. The predicted octanol–water partition coefficient (Wildman–Crippen LogP) is 5.12. The van der Waals surface area contributed by atoms with Crippen molar-refractivity contribution in [2.24, 2.45) is 0 Å². The molecule has 0 saturated carbocycles. The van der Waals surface area contributed by atoms with Gasteiger partial charge in [-0.3, -0.25) is 4.79 Å². The molecule has 136 valence electrons. The molecule has 7 heteroatoms. The highest BCUT2D eigenvalue weighted by molar-refractivity contribution is 6.35. The monoisotopic (exact) mass is 398 g/mol. The number of benzene rings is 2. The average molecular weight is 399 g/mol. The number of aryl methyl sites for hydroxylation is 1.